The molecule has 1 aliphatic heterocycles. The van der Waals surface area contributed by atoms with Crippen LogP contribution in [-0.2, 0) is 12.0 Å². The molecule has 0 spiro atoms. The number of hydrogen-bond acceptors (Lipinski definition) is 1. The quantitative estimate of drug-likeness (QED) is 0.326. The Morgan fingerprint density at radius 3 is 2.27 bits per heavy atom. The number of piperidine rings is 1. The lowest BCUT2D eigenvalue weighted by atomic mass is 9.74. The Morgan fingerprint density at radius 2 is 1.73 bits per heavy atom. The molecule has 2 aliphatic rings. The second kappa shape index (κ2) is 10.9. The smallest absolute Gasteiger partial charge is 0.104 e. The molecular formula is C29H36Br2N2. The first-order valence-corrected chi connectivity index (χ1v) is 12.9. The topological polar surface area (TPSA) is 23.8 Å². The Labute approximate surface area is 219 Å². The fourth-order valence-electron chi connectivity index (χ4n) is 6.15. The third kappa shape index (κ3) is 5.81. The number of nitrogens with zero attached hydrogens (tertiary/aromatic N) is 2. The van der Waals surface area contributed by atoms with Gasteiger partial charge in [-0.25, -0.2) is 0 Å². The molecule has 0 amide bonds. The molecule has 2 fully saturated rings. The number of allylic oxidation sites excluding steroid dienone is 1. The Hall–Kier alpha value is -1.41. The number of hydrogen-bond donors (Lipinski definition) is 0. The molecule has 2 aromatic rings. The van der Waals surface area contributed by atoms with Crippen LogP contribution in [0.25, 0.3) is 0 Å². The lowest BCUT2D eigenvalue weighted by Crippen LogP contribution is -3.00. The minimum Gasteiger partial charge on any atom is -1.00 e. The molecule has 1 heterocycles. The minimum absolute atomic E-state index is 0. The molecule has 176 valence electrons. The fourth-order valence-corrected chi connectivity index (χ4v) is 6.41. The van der Waals surface area contributed by atoms with Crippen LogP contribution in [0.5, 0.6) is 0 Å². The zero-order valence-electron chi connectivity index (χ0n) is 20.1. The van der Waals surface area contributed by atoms with E-state index in [1.165, 1.54) is 40.8 Å². The van der Waals surface area contributed by atoms with Crippen LogP contribution in [0.3, 0.4) is 0 Å². The number of halogens is 2. The molecule has 4 heteroatoms. The number of benzene rings is 2. The molecule has 4 rings (SSSR count). The zero-order valence-corrected chi connectivity index (χ0v) is 23.3. The van der Waals surface area contributed by atoms with E-state index in [0.717, 1.165) is 42.1 Å². The highest BCUT2D eigenvalue weighted by Gasteiger charge is 2.63. The predicted molar refractivity (Wildman–Crippen MR) is 136 cm³/mol. The molecule has 0 radical (unpaired) electrons. The van der Waals surface area contributed by atoms with Gasteiger partial charge in [0.25, 0.3) is 0 Å². The van der Waals surface area contributed by atoms with Crippen LogP contribution in [0.15, 0.2) is 70.7 Å². The molecular weight excluding hydrogens is 536 g/mol. The molecule has 3 atom stereocenters. The molecule has 1 saturated heterocycles. The predicted octanol–water partition coefficient (Wildman–Crippen LogP) is 4.26. The third-order valence-corrected chi connectivity index (χ3v) is 8.55. The highest BCUT2D eigenvalue weighted by Crippen LogP contribution is 2.59. The van der Waals surface area contributed by atoms with Crippen LogP contribution in [-0.4, -0.2) is 24.1 Å². The second-order valence-electron chi connectivity index (χ2n) is 10.4. The molecule has 2 nitrogen and oxygen atoms in total. The monoisotopic (exact) mass is 570 g/mol. The van der Waals surface area contributed by atoms with Gasteiger partial charge in [-0.3, -0.25) is 0 Å². The summed E-state index contributed by atoms with van der Waals surface area (Å²) in [6.45, 7) is 11.5. The molecule has 2 aromatic carbocycles. The fraction of sp³-hybridized carbons (Fsp3) is 0.483. The summed E-state index contributed by atoms with van der Waals surface area (Å²) in [5, 5.41) is 10.2. The van der Waals surface area contributed by atoms with Crippen LogP contribution in [0.1, 0.15) is 51.2 Å². The van der Waals surface area contributed by atoms with Crippen LogP contribution >= 0.6 is 15.9 Å². The average molecular weight is 572 g/mol. The summed E-state index contributed by atoms with van der Waals surface area (Å²) in [6, 6.07) is 22.1. The summed E-state index contributed by atoms with van der Waals surface area (Å²) >= 11 is 3.58. The standard InChI is InChI=1S/C29H36BrN2.BrH/c1-4-29(21-31,24-10-6-5-7-11-24)17-26-27-19-32(20-28(26)27,16-8-9-22(2)3)18-23-12-14-25(30)15-13-23;/h5-7,9-15,26-28H,4,8,16-20H2,1-3H3;1H/q+1;/p-1. The number of fused-ring (bicyclic) bond motifs is 1. The summed E-state index contributed by atoms with van der Waals surface area (Å²) in [6.07, 6.45) is 5.47. The van der Waals surface area contributed by atoms with Crippen molar-refractivity contribution in [2.45, 2.75) is 52.0 Å². The van der Waals surface area contributed by atoms with E-state index in [0.29, 0.717) is 5.92 Å². The highest BCUT2D eigenvalue weighted by atomic mass is 79.9. The first-order chi connectivity index (χ1) is 15.4. The van der Waals surface area contributed by atoms with E-state index in [9.17, 15) is 5.26 Å². The Kier molecular flexibility index (Phi) is 8.65. The maximum Gasteiger partial charge on any atom is 0.104 e. The first kappa shape index (κ1) is 26.2. The summed E-state index contributed by atoms with van der Waals surface area (Å²) in [7, 11) is 0. The van der Waals surface area contributed by atoms with E-state index in [4.69, 9.17) is 0 Å². The molecule has 0 aromatic heterocycles. The highest BCUT2D eigenvalue weighted by molar-refractivity contribution is 9.10. The normalized spacial score (nSPS) is 26.9. The summed E-state index contributed by atoms with van der Waals surface area (Å²) < 4.78 is 2.35. The van der Waals surface area contributed by atoms with Crippen LogP contribution in [0, 0.1) is 29.1 Å². The van der Waals surface area contributed by atoms with Crippen LogP contribution < -0.4 is 17.0 Å². The van der Waals surface area contributed by atoms with Crippen LogP contribution in [0.2, 0.25) is 0 Å². The largest absolute Gasteiger partial charge is 1.00 e. The van der Waals surface area contributed by atoms with Gasteiger partial charge in [0.15, 0.2) is 0 Å². The molecule has 1 aliphatic carbocycles. The molecule has 0 N–H and O–H groups in total. The Balaban J connectivity index is 0.00000306. The lowest BCUT2D eigenvalue weighted by Gasteiger charge is -2.37. The summed E-state index contributed by atoms with van der Waals surface area (Å²) in [4.78, 5) is 0. The second-order valence-corrected chi connectivity index (χ2v) is 11.3. The average Bonchev–Trinajstić information content (AvgIpc) is 3.24. The number of quaternary nitrogens is 1. The van der Waals surface area contributed by atoms with Gasteiger partial charge in [-0.2, -0.15) is 5.26 Å². The van der Waals surface area contributed by atoms with E-state index >= 15 is 0 Å². The maximum absolute atomic E-state index is 10.2. The van der Waals surface area contributed by atoms with Crippen molar-refractivity contribution in [3.05, 3.63) is 81.8 Å². The SMILES string of the molecule is CCC(C#N)(CC1C2C[N+](CCC=C(C)C)(Cc3ccc(Br)cc3)CC12)c1ccccc1.[Br-]. The van der Waals surface area contributed by atoms with Crippen molar-refractivity contribution in [2.24, 2.45) is 17.8 Å². The van der Waals surface area contributed by atoms with Gasteiger partial charge in [-0.05, 0) is 50.3 Å². The first-order valence-electron chi connectivity index (χ1n) is 12.1. The van der Waals surface area contributed by atoms with Gasteiger partial charge in [0, 0.05) is 28.3 Å². The van der Waals surface area contributed by atoms with E-state index in [-0.39, 0.29) is 22.4 Å². The van der Waals surface area contributed by atoms with Crippen molar-refractivity contribution in [3.8, 4) is 6.07 Å². The number of nitriles is 1. The van der Waals surface area contributed by atoms with Gasteiger partial charge >= 0.3 is 0 Å². The molecule has 3 unspecified atom stereocenters. The molecule has 1 saturated carbocycles. The minimum atomic E-state index is -0.334. The maximum atomic E-state index is 10.2. The van der Waals surface area contributed by atoms with Gasteiger partial charge in [0.2, 0.25) is 0 Å². The van der Waals surface area contributed by atoms with Crippen molar-refractivity contribution < 1.29 is 21.5 Å². The lowest BCUT2D eigenvalue weighted by molar-refractivity contribution is -0.934. The zero-order chi connectivity index (χ0) is 22.8. The van der Waals surface area contributed by atoms with Gasteiger partial charge < -0.3 is 21.5 Å². The van der Waals surface area contributed by atoms with Crippen LogP contribution in [0.4, 0.5) is 0 Å². The van der Waals surface area contributed by atoms with Crippen molar-refractivity contribution in [1.82, 2.24) is 0 Å². The molecule has 33 heavy (non-hydrogen) atoms. The van der Waals surface area contributed by atoms with Gasteiger partial charge in [-0.15, -0.1) is 0 Å². The summed E-state index contributed by atoms with van der Waals surface area (Å²) in [5.41, 5.74) is 3.72. The number of likely N-dealkylation sites (tertiary alicyclic amines) is 1. The Morgan fingerprint density at radius 1 is 1.09 bits per heavy atom. The van der Waals surface area contributed by atoms with Gasteiger partial charge in [-0.1, -0.05) is 77.0 Å². The van der Waals surface area contributed by atoms with E-state index in [2.05, 4.69) is 97.4 Å². The van der Waals surface area contributed by atoms with E-state index in [1.807, 2.05) is 6.07 Å². The number of rotatable bonds is 9. The third-order valence-electron chi connectivity index (χ3n) is 8.02. The summed E-state index contributed by atoms with van der Waals surface area (Å²) in [5.74, 6) is 2.26. The Bertz CT molecular complexity index is 977. The van der Waals surface area contributed by atoms with Crippen molar-refractivity contribution >= 4 is 15.9 Å². The van der Waals surface area contributed by atoms with Crippen molar-refractivity contribution in [2.75, 3.05) is 19.6 Å². The van der Waals surface area contributed by atoms with Gasteiger partial charge in [0.05, 0.1) is 31.1 Å². The van der Waals surface area contributed by atoms with Gasteiger partial charge in [0.1, 0.15) is 6.54 Å². The molecule has 0 bridgehead atoms. The van der Waals surface area contributed by atoms with E-state index < -0.39 is 0 Å². The van der Waals surface area contributed by atoms with E-state index in [1.54, 1.807) is 0 Å². The van der Waals surface area contributed by atoms with Crippen molar-refractivity contribution in [3.63, 3.8) is 0 Å². The van der Waals surface area contributed by atoms with Crippen molar-refractivity contribution in [1.29, 1.82) is 5.26 Å².